The third kappa shape index (κ3) is 3.23. The van der Waals surface area contributed by atoms with Crippen LogP contribution in [0.5, 0.6) is 5.75 Å². The second-order valence-electron chi connectivity index (χ2n) is 3.83. The van der Waals surface area contributed by atoms with E-state index in [0.29, 0.717) is 22.8 Å². The first-order valence-electron chi connectivity index (χ1n) is 5.76. The van der Waals surface area contributed by atoms with Crippen molar-refractivity contribution in [3.8, 4) is 5.75 Å². The van der Waals surface area contributed by atoms with Crippen LogP contribution in [0.15, 0.2) is 43.1 Å². The minimum atomic E-state index is -0.209. The lowest BCUT2D eigenvalue weighted by molar-refractivity contribution is -0.122. The van der Waals surface area contributed by atoms with Gasteiger partial charge in [0.25, 0.3) is 5.91 Å². The average Bonchev–Trinajstić information content (AvgIpc) is 2.45. The highest BCUT2D eigenvalue weighted by Crippen LogP contribution is 2.29. The van der Waals surface area contributed by atoms with Gasteiger partial charge < -0.3 is 10.1 Å². The molecule has 1 heterocycles. The van der Waals surface area contributed by atoms with Gasteiger partial charge in [-0.3, -0.25) is 9.78 Å². The van der Waals surface area contributed by atoms with Crippen molar-refractivity contribution in [1.82, 2.24) is 10.3 Å². The molecule has 0 saturated carbocycles. The van der Waals surface area contributed by atoms with Crippen molar-refractivity contribution < 1.29 is 9.53 Å². The molecule has 1 aromatic heterocycles. The summed E-state index contributed by atoms with van der Waals surface area (Å²) >= 11 is 6.07. The molecular weight excluding hydrogens is 264 g/mol. The van der Waals surface area contributed by atoms with Gasteiger partial charge >= 0.3 is 0 Å². The zero-order valence-electron chi connectivity index (χ0n) is 10.2. The third-order valence-corrected chi connectivity index (χ3v) is 2.81. The summed E-state index contributed by atoms with van der Waals surface area (Å²) in [6.45, 7) is 3.87. The number of ether oxygens (including phenoxy) is 1. The van der Waals surface area contributed by atoms with E-state index in [2.05, 4.69) is 16.9 Å². The number of hydrogen-bond acceptors (Lipinski definition) is 3. The highest BCUT2D eigenvalue weighted by molar-refractivity contribution is 6.35. The zero-order chi connectivity index (χ0) is 13.7. The Balaban J connectivity index is 2.15. The average molecular weight is 277 g/mol. The maximum Gasteiger partial charge on any atom is 0.258 e. The summed E-state index contributed by atoms with van der Waals surface area (Å²) in [5, 5.41) is 4.04. The van der Waals surface area contributed by atoms with E-state index in [-0.39, 0.29) is 12.5 Å². The van der Waals surface area contributed by atoms with Gasteiger partial charge in [-0.1, -0.05) is 17.7 Å². The Bertz CT molecular complexity index is 613. The van der Waals surface area contributed by atoms with Gasteiger partial charge in [0, 0.05) is 18.1 Å². The first-order chi connectivity index (χ1) is 9.22. The monoisotopic (exact) mass is 276 g/mol. The third-order valence-electron chi connectivity index (χ3n) is 2.48. The van der Waals surface area contributed by atoms with Crippen LogP contribution in [0.3, 0.4) is 0 Å². The molecule has 0 atom stereocenters. The highest BCUT2D eigenvalue weighted by atomic mass is 35.5. The fraction of sp³-hybridized carbons (Fsp3) is 0.143. The molecule has 1 N–H and O–H groups in total. The van der Waals surface area contributed by atoms with E-state index in [4.69, 9.17) is 16.3 Å². The molecule has 98 valence electrons. The first kappa shape index (κ1) is 13.4. The summed E-state index contributed by atoms with van der Waals surface area (Å²) in [7, 11) is 0. The van der Waals surface area contributed by atoms with Crippen molar-refractivity contribution in [2.45, 2.75) is 0 Å². The van der Waals surface area contributed by atoms with Gasteiger partial charge in [0.15, 0.2) is 6.61 Å². The Hall–Kier alpha value is -2.07. The molecule has 5 heteroatoms. The Morgan fingerprint density at radius 1 is 1.47 bits per heavy atom. The molecule has 2 rings (SSSR count). The highest BCUT2D eigenvalue weighted by Gasteiger charge is 2.08. The quantitative estimate of drug-likeness (QED) is 0.854. The second kappa shape index (κ2) is 6.20. The number of aromatic nitrogens is 1. The number of fused-ring (bicyclic) bond motifs is 1. The van der Waals surface area contributed by atoms with Gasteiger partial charge in [0.2, 0.25) is 0 Å². The van der Waals surface area contributed by atoms with Crippen LogP contribution in [0.1, 0.15) is 0 Å². The smallest absolute Gasteiger partial charge is 0.258 e. The summed E-state index contributed by atoms with van der Waals surface area (Å²) < 4.78 is 5.47. The minimum Gasteiger partial charge on any atom is -0.481 e. The molecular formula is C14H13ClN2O2. The first-order valence-corrected chi connectivity index (χ1v) is 6.14. The summed E-state index contributed by atoms with van der Waals surface area (Å²) in [6.07, 6.45) is 3.26. The van der Waals surface area contributed by atoms with Gasteiger partial charge in [-0.2, -0.15) is 0 Å². The van der Waals surface area contributed by atoms with Crippen LogP contribution >= 0.6 is 11.6 Å². The van der Waals surface area contributed by atoms with Gasteiger partial charge in [-0.05, 0) is 24.3 Å². The van der Waals surface area contributed by atoms with Crippen molar-refractivity contribution in [2.24, 2.45) is 0 Å². The van der Waals surface area contributed by atoms with E-state index in [1.54, 1.807) is 30.5 Å². The van der Waals surface area contributed by atoms with Crippen molar-refractivity contribution in [1.29, 1.82) is 0 Å². The number of pyridine rings is 1. The predicted octanol–water partition coefficient (Wildman–Crippen LogP) is 2.57. The van der Waals surface area contributed by atoms with Gasteiger partial charge in [0.05, 0.1) is 5.02 Å². The molecule has 0 bridgehead atoms. The molecule has 4 nitrogen and oxygen atoms in total. The Labute approximate surface area is 116 Å². The number of nitrogens with zero attached hydrogens (tertiary/aromatic N) is 1. The van der Waals surface area contributed by atoms with Gasteiger partial charge in [-0.25, -0.2) is 0 Å². The van der Waals surface area contributed by atoms with Crippen LogP contribution in [-0.2, 0) is 4.79 Å². The number of rotatable bonds is 5. The van der Waals surface area contributed by atoms with Gasteiger partial charge in [-0.15, -0.1) is 6.58 Å². The van der Waals surface area contributed by atoms with Crippen molar-refractivity contribution in [3.05, 3.63) is 48.1 Å². The number of nitrogens with one attached hydrogen (secondary N) is 1. The molecule has 0 radical (unpaired) electrons. The molecule has 0 spiro atoms. The topological polar surface area (TPSA) is 51.2 Å². The SMILES string of the molecule is C=CCNC(=O)COc1ccc(Cl)c2cccnc12. The molecule has 2 aromatic rings. The lowest BCUT2D eigenvalue weighted by Gasteiger charge is -2.09. The van der Waals surface area contributed by atoms with E-state index in [1.165, 1.54) is 0 Å². The summed E-state index contributed by atoms with van der Waals surface area (Å²) in [5.74, 6) is 0.327. The summed E-state index contributed by atoms with van der Waals surface area (Å²) in [6, 6.07) is 7.09. The van der Waals surface area contributed by atoms with Crippen LogP contribution in [-0.4, -0.2) is 24.0 Å². The molecule has 0 aliphatic rings. The van der Waals surface area contributed by atoms with Crippen LogP contribution in [0.25, 0.3) is 10.9 Å². The van der Waals surface area contributed by atoms with Crippen molar-refractivity contribution in [3.63, 3.8) is 0 Å². The van der Waals surface area contributed by atoms with Gasteiger partial charge in [0.1, 0.15) is 11.3 Å². The normalized spacial score (nSPS) is 10.2. The number of hydrogen-bond donors (Lipinski definition) is 1. The van der Waals surface area contributed by atoms with E-state index >= 15 is 0 Å². The second-order valence-corrected chi connectivity index (χ2v) is 4.23. The van der Waals surface area contributed by atoms with Crippen LogP contribution in [0.4, 0.5) is 0 Å². The Morgan fingerprint density at radius 2 is 2.32 bits per heavy atom. The molecule has 0 fully saturated rings. The molecule has 0 aliphatic heterocycles. The van der Waals surface area contributed by atoms with Crippen LogP contribution in [0.2, 0.25) is 5.02 Å². The maximum atomic E-state index is 11.4. The molecule has 0 saturated heterocycles. The summed E-state index contributed by atoms with van der Waals surface area (Å²) in [5.41, 5.74) is 0.645. The minimum absolute atomic E-state index is 0.0683. The van der Waals surface area contributed by atoms with E-state index in [1.807, 2.05) is 6.07 Å². The molecule has 0 unspecified atom stereocenters. The molecule has 1 aromatic carbocycles. The number of halogens is 1. The van der Waals surface area contributed by atoms with E-state index in [9.17, 15) is 4.79 Å². The van der Waals surface area contributed by atoms with E-state index < -0.39 is 0 Å². The van der Waals surface area contributed by atoms with Crippen LogP contribution in [0, 0.1) is 0 Å². The maximum absolute atomic E-state index is 11.4. The Kier molecular flexibility index (Phi) is 4.36. The molecule has 1 amide bonds. The fourth-order valence-electron chi connectivity index (χ4n) is 1.61. The standard InChI is InChI=1S/C14H13ClN2O2/c1-2-7-16-13(18)9-19-12-6-5-11(15)10-4-3-8-17-14(10)12/h2-6,8H,1,7,9H2,(H,16,18). The lowest BCUT2D eigenvalue weighted by atomic mass is 10.2. The fourth-order valence-corrected chi connectivity index (χ4v) is 1.82. The number of amides is 1. The van der Waals surface area contributed by atoms with Crippen molar-refractivity contribution in [2.75, 3.05) is 13.2 Å². The largest absolute Gasteiger partial charge is 0.481 e. The predicted molar refractivity (Wildman–Crippen MR) is 75.5 cm³/mol. The summed E-state index contributed by atoms with van der Waals surface area (Å²) in [4.78, 5) is 15.7. The van der Waals surface area contributed by atoms with Crippen LogP contribution < -0.4 is 10.1 Å². The Morgan fingerprint density at radius 3 is 3.11 bits per heavy atom. The number of benzene rings is 1. The number of carbonyl (C=O) groups excluding carboxylic acids is 1. The molecule has 0 aliphatic carbocycles. The van der Waals surface area contributed by atoms with Crippen molar-refractivity contribution >= 4 is 28.4 Å². The zero-order valence-corrected chi connectivity index (χ0v) is 11.0. The number of carbonyl (C=O) groups is 1. The lowest BCUT2D eigenvalue weighted by Crippen LogP contribution is -2.28. The van der Waals surface area contributed by atoms with E-state index in [0.717, 1.165) is 5.39 Å². The molecule has 19 heavy (non-hydrogen) atoms.